The molecule has 0 unspecified atom stereocenters. The Morgan fingerprint density at radius 2 is 2.10 bits per heavy atom. The zero-order chi connectivity index (χ0) is 15.6. The molecule has 0 saturated heterocycles. The van der Waals surface area contributed by atoms with Gasteiger partial charge >= 0.3 is 5.69 Å². The summed E-state index contributed by atoms with van der Waals surface area (Å²) in [6.07, 6.45) is 0. The van der Waals surface area contributed by atoms with Crippen LogP contribution in [0.3, 0.4) is 0 Å². The van der Waals surface area contributed by atoms with Gasteiger partial charge in [-0.2, -0.15) is 4.39 Å². The Morgan fingerprint density at radius 3 is 2.62 bits per heavy atom. The van der Waals surface area contributed by atoms with Crippen LogP contribution in [0.4, 0.5) is 10.1 Å². The molecule has 0 amide bonds. The first kappa shape index (κ1) is 16.0. The summed E-state index contributed by atoms with van der Waals surface area (Å²) in [4.78, 5) is 9.99. The average molecular weight is 395 g/mol. The van der Waals surface area contributed by atoms with Crippen LogP contribution in [-0.4, -0.2) is 13.3 Å². The van der Waals surface area contributed by atoms with Crippen LogP contribution >= 0.6 is 27.3 Å². The number of thiophene rings is 1. The predicted octanol–water partition coefficient (Wildman–Crippen LogP) is 3.04. The molecule has 1 heterocycles. The van der Waals surface area contributed by atoms with Crippen molar-refractivity contribution in [2.75, 3.05) is 0 Å². The van der Waals surface area contributed by atoms with Crippen LogP contribution in [-0.2, 0) is 16.6 Å². The second kappa shape index (κ2) is 6.18. The first-order valence-electron chi connectivity index (χ1n) is 5.47. The normalized spacial score (nSPS) is 11.5. The zero-order valence-electron chi connectivity index (χ0n) is 10.2. The highest BCUT2D eigenvalue weighted by Crippen LogP contribution is 2.24. The van der Waals surface area contributed by atoms with E-state index in [1.807, 2.05) is 0 Å². The molecule has 0 spiro atoms. The van der Waals surface area contributed by atoms with Crippen LogP contribution in [0.1, 0.15) is 4.88 Å². The van der Waals surface area contributed by atoms with Crippen molar-refractivity contribution in [1.29, 1.82) is 0 Å². The summed E-state index contributed by atoms with van der Waals surface area (Å²) in [6, 6.07) is 4.22. The summed E-state index contributed by atoms with van der Waals surface area (Å²) in [6.45, 7) is 0.0409. The van der Waals surface area contributed by atoms with E-state index in [1.54, 1.807) is 11.4 Å². The van der Waals surface area contributed by atoms with E-state index in [2.05, 4.69) is 20.7 Å². The number of nitro benzene ring substituents is 1. The van der Waals surface area contributed by atoms with Gasteiger partial charge in [-0.25, -0.2) is 13.1 Å². The second-order valence-electron chi connectivity index (χ2n) is 3.89. The molecule has 0 aliphatic rings. The molecular weight excluding hydrogens is 387 g/mol. The van der Waals surface area contributed by atoms with Crippen LogP contribution in [0.15, 0.2) is 39.0 Å². The van der Waals surface area contributed by atoms with Gasteiger partial charge in [-0.15, -0.1) is 11.3 Å². The molecule has 2 rings (SSSR count). The molecule has 0 bridgehead atoms. The Bertz CT molecular complexity index is 791. The number of hydrogen-bond acceptors (Lipinski definition) is 5. The molecule has 10 heteroatoms. The Morgan fingerprint density at radius 1 is 1.38 bits per heavy atom. The number of nitrogens with zero attached hydrogens (tertiary/aromatic N) is 1. The quantitative estimate of drug-likeness (QED) is 0.623. The lowest BCUT2D eigenvalue weighted by atomic mass is 10.3. The lowest BCUT2D eigenvalue weighted by Crippen LogP contribution is -2.23. The van der Waals surface area contributed by atoms with Crippen molar-refractivity contribution in [2.45, 2.75) is 11.4 Å². The van der Waals surface area contributed by atoms with Gasteiger partial charge in [-0.1, -0.05) is 0 Å². The van der Waals surface area contributed by atoms with Crippen LogP contribution in [0.25, 0.3) is 0 Å². The minimum absolute atomic E-state index is 0.0409. The van der Waals surface area contributed by atoms with Crippen molar-refractivity contribution in [3.8, 4) is 0 Å². The molecule has 0 aliphatic carbocycles. The molecule has 21 heavy (non-hydrogen) atoms. The van der Waals surface area contributed by atoms with Crippen molar-refractivity contribution in [3.05, 3.63) is 54.9 Å². The predicted molar refractivity (Wildman–Crippen MR) is 79.1 cm³/mol. The van der Waals surface area contributed by atoms with E-state index < -0.39 is 26.5 Å². The maximum atomic E-state index is 13.5. The van der Waals surface area contributed by atoms with E-state index in [0.717, 1.165) is 21.5 Å². The second-order valence-corrected chi connectivity index (χ2v) is 7.51. The van der Waals surface area contributed by atoms with E-state index in [1.165, 1.54) is 11.3 Å². The molecule has 0 fully saturated rings. The third-order valence-electron chi connectivity index (χ3n) is 2.54. The summed E-state index contributed by atoms with van der Waals surface area (Å²) in [5, 5.41) is 12.3. The summed E-state index contributed by atoms with van der Waals surface area (Å²) >= 11 is 4.63. The summed E-state index contributed by atoms with van der Waals surface area (Å²) < 4.78 is 40.6. The highest BCUT2D eigenvalue weighted by atomic mass is 79.9. The topological polar surface area (TPSA) is 89.3 Å². The van der Waals surface area contributed by atoms with Crippen molar-refractivity contribution >= 4 is 43.0 Å². The molecule has 1 aromatic carbocycles. The minimum Gasteiger partial charge on any atom is -0.258 e. The van der Waals surface area contributed by atoms with Crippen molar-refractivity contribution in [3.63, 3.8) is 0 Å². The molecule has 0 radical (unpaired) electrons. The fourth-order valence-electron chi connectivity index (χ4n) is 1.50. The van der Waals surface area contributed by atoms with E-state index in [0.29, 0.717) is 6.07 Å². The van der Waals surface area contributed by atoms with Crippen molar-refractivity contribution in [1.82, 2.24) is 4.72 Å². The smallest absolute Gasteiger partial charge is 0.258 e. The molecular formula is C11H8BrFN2O4S2. The van der Waals surface area contributed by atoms with Gasteiger partial charge < -0.3 is 0 Å². The third-order valence-corrected chi connectivity index (χ3v) is 5.87. The number of rotatable bonds is 5. The van der Waals surface area contributed by atoms with E-state index in [9.17, 15) is 22.9 Å². The molecule has 0 aliphatic heterocycles. The van der Waals surface area contributed by atoms with Crippen LogP contribution in [0, 0.1) is 15.9 Å². The van der Waals surface area contributed by atoms with Gasteiger partial charge in [0.05, 0.1) is 9.82 Å². The Hall–Kier alpha value is -1.36. The average Bonchev–Trinajstić information content (AvgIpc) is 2.81. The first-order chi connectivity index (χ1) is 9.81. The molecule has 0 atom stereocenters. The first-order valence-corrected chi connectivity index (χ1v) is 8.62. The van der Waals surface area contributed by atoms with Crippen LogP contribution < -0.4 is 4.72 Å². The molecule has 6 nitrogen and oxygen atoms in total. The van der Waals surface area contributed by atoms with Gasteiger partial charge in [0, 0.05) is 28.0 Å². The highest BCUT2D eigenvalue weighted by molar-refractivity contribution is 9.10. The molecule has 1 aromatic heterocycles. The summed E-state index contributed by atoms with van der Waals surface area (Å²) in [7, 11) is -3.94. The molecule has 112 valence electrons. The van der Waals surface area contributed by atoms with Gasteiger partial charge in [0.15, 0.2) is 0 Å². The molecule has 1 N–H and O–H groups in total. The highest BCUT2D eigenvalue weighted by Gasteiger charge is 2.20. The van der Waals surface area contributed by atoms with E-state index >= 15 is 0 Å². The summed E-state index contributed by atoms with van der Waals surface area (Å²) in [5.74, 6) is -1.19. The maximum Gasteiger partial charge on any atom is 0.304 e. The lowest BCUT2D eigenvalue weighted by Gasteiger charge is -2.06. The Kier molecular flexibility index (Phi) is 4.71. The van der Waals surface area contributed by atoms with E-state index in [-0.39, 0.29) is 11.4 Å². The summed E-state index contributed by atoms with van der Waals surface area (Å²) in [5.41, 5.74) is -0.769. The van der Waals surface area contributed by atoms with Gasteiger partial charge in [0.25, 0.3) is 0 Å². The number of hydrogen-bond donors (Lipinski definition) is 1. The van der Waals surface area contributed by atoms with E-state index in [4.69, 9.17) is 0 Å². The third kappa shape index (κ3) is 3.64. The lowest BCUT2D eigenvalue weighted by molar-refractivity contribution is -0.387. The standard InChI is InChI=1S/C11H8BrFN2O4S2/c12-8-3-4-20-11(8)6-14-21(18,19)7-1-2-10(15(16)17)9(13)5-7/h1-5,14H,6H2. The SMILES string of the molecule is O=[N+]([O-])c1ccc(S(=O)(=O)NCc2sccc2Br)cc1F. The van der Waals surface area contributed by atoms with Crippen molar-refractivity contribution < 1.29 is 17.7 Å². The Balaban J connectivity index is 2.22. The maximum absolute atomic E-state index is 13.5. The van der Waals surface area contributed by atoms with Gasteiger partial charge in [-0.05, 0) is 33.4 Å². The monoisotopic (exact) mass is 394 g/mol. The van der Waals surface area contributed by atoms with Gasteiger partial charge in [0.1, 0.15) is 0 Å². The number of nitrogens with one attached hydrogen (secondary N) is 1. The largest absolute Gasteiger partial charge is 0.304 e. The van der Waals surface area contributed by atoms with Crippen LogP contribution in [0.5, 0.6) is 0 Å². The minimum atomic E-state index is -3.94. The van der Waals surface area contributed by atoms with Crippen molar-refractivity contribution in [2.24, 2.45) is 0 Å². The number of halogens is 2. The van der Waals surface area contributed by atoms with Crippen LogP contribution in [0.2, 0.25) is 0 Å². The fourth-order valence-corrected chi connectivity index (χ4v) is 4.03. The van der Waals surface area contributed by atoms with Gasteiger partial charge in [-0.3, -0.25) is 10.1 Å². The Labute approximate surface area is 131 Å². The number of sulfonamides is 1. The zero-order valence-corrected chi connectivity index (χ0v) is 13.5. The number of nitro groups is 1. The van der Waals surface area contributed by atoms with Gasteiger partial charge in [0.2, 0.25) is 15.8 Å². The number of benzene rings is 1. The fraction of sp³-hybridized carbons (Fsp3) is 0.0909. The molecule has 2 aromatic rings. The molecule has 0 saturated carbocycles.